The summed E-state index contributed by atoms with van der Waals surface area (Å²) in [4.78, 5) is 4.88. The van der Waals surface area contributed by atoms with Gasteiger partial charge in [0.05, 0.1) is 6.10 Å². The minimum Gasteiger partial charge on any atom is -0.393 e. The Hall–Kier alpha value is -0.120. The summed E-state index contributed by atoms with van der Waals surface area (Å²) in [6.45, 7) is 7.75. The first-order valence-corrected chi connectivity index (χ1v) is 6.27. The summed E-state index contributed by atoms with van der Waals surface area (Å²) in [7, 11) is 2.15. The summed E-state index contributed by atoms with van der Waals surface area (Å²) >= 11 is 0. The van der Waals surface area contributed by atoms with Gasteiger partial charge in [0.2, 0.25) is 0 Å². The molecule has 0 spiro atoms. The Morgan fingerprint density at radius 2 is 1.87 bits per heavy atom. The summed E-state index contributed by atoms with van der Waals surface area (Å²) in [6, 6.07) is 0. The summed E-state index contributed by atoms with van der Waals surface area (Å²) in [5, 5.41) is 9.18. The largest absolute Gasteiger partial charge is 0.393 e. The van der Waals surface area contributed by atoms with E-state index in [1.807, 2.05) is 6.92 Å². The number of nitrogens with zero attached hydrogens (tertiary/aromatic N) is 2. The Bertz CT molecular complexity index is 156. The average Bonchev–Trinajstić information content (AvgIpc) is 2.25. The molecule has 1 fully saturated rings. The zero-order valence-electron chi connectivity index (χ0n) is 10.3. The van der Waals surface area contributed by atoms with Crippen LogP contribution < -0.4 is 0 Å². The molecule has 0 aromatic carbocycles. The number of likely N-dealkylation sites (tertiary alicyclic amines) is 1. The fraction of sp³-hybridized carbons (Fsp3) is 1.00. The van der Waals surface area contributed by atoms with Crippen LogP contribution in [0.15, 0.2) is 0 Å². The van der Waals surface area contributed by atoms with Crippen LogP contribution in [0.4, 0.5) is 0 Å². The lowest BCUT2D eigenvalue weighted by molar-refractivity contribution is 0.153. The molecule has 0 unspecified atom stereocenters. The second kappa shape index (κ2) is 7.20. The lowest BCUT2D eigenvalue weighted by atomic mass is 10.1. The van der Waals surface area contributed by atoms with Crippen LogP contribution in [-0.4, -0.2) is 60.8 Å². The van der Waals surface area contributed by atoms with Crippen molar-refractivity contribution in [3.8, 4) is 0 Å². The van der Waals surface area contributed by atoms with E-state index in [1.165, 1.54) is 38.9 Å². The lowest BCUT2D eigenvalue weighted by Gasteiger charge is -2.28. The number of piperidine rings is 1. The third-order valence-corrected chi connectivity index (χ3v) is 3.18. The molecule has 1 atom stereocenters. The van der Waals surface area contributed by atoms with E-state index in [-0.39, 0.29) is 6.10 Å². The highest BCUT2D eigenvalue weighted by Gasteiger charge is 2.10. The van der Waals surface area contributed by atoms with Crippen molar-refractivity contribution in [2.24, 2.45) is 0 Å². The van der Waals surface area contributed by atoms with Gasteiger partial charge in [-0.25, -0.2) is 0 Å². The van der Waals surface area contributed by atoms with E-state index in [4.69, 9.17) is 0 Å². The Morgan fingerprint density at radius 3 is 2.47 bits per heavy atom. The van der Waals surface area contributed by atoms with Gasteiger partial charge in [-0.15, -0.1) is 0 Å². The van der Waals surface area contributed by atoms with Crippen molar-refractivity contribution >= 4 is 0 Å². The average molecular weight is 214 g/mol. The highest BCUT2D eigenvalue weighted by molar-refractivity contribution is 4.66. The topological polar surface area (TPSA) is 26.7 Å². The highest BCUT2D eigenvalue weighted by Crippen LogP contribution is 2.07. The van der Waals surface area contributed by atoms with Crippen molar-refractivity contribution in [2.45, 2.75) is 38.7 Å². The molecule has 90 valence electrons. The molecule has 0 aromatic rings. The van der Waals surface area contributed by atoms with Crippen molar-refractivity contribution in [3.05, 3.63) is 0 Å². The summed E-state index contributed by atoms with van der Waals surface area (Å²) in [5.74, 6) is 0. The molecule has 0 aliphatic carbocycles. The van der Waals surface area contributed by atoms with Gasteiger partial charge in [0.25, 0.3) is 0 Å². The second-order valence-corrected chi connectivity index (χ2v) is 4.84. The van der Waals surface area contributed by atoms with E-state index in [0.29, 0.717) is 0 Å². The molecule has 1 aliphatic rings. The minimum absolute atomic E-state index is 0.164. The molecule has 1 saturated heterocycles. The molecular formula is C12H26N2O. The van der Waals surface area contributed by atoms with Crippen LogP contribution in [0, 0.1) is 0 Å². The van der Waals surface area contributed by atoms with Gasteiger partial charge in [-0.3, -0.25) is 0 Å². The van der Waals surface area contributed by atoms with Crippen LogP contribution in [0.1, 0.15) is 32.6 Å². The molecular weight excluding hydrogens is 188 g/mol. The van der Waals surface area contributed by atoms with E-state index in [1.54, 1.807) is 0 Å². The molecule has 1 heterocycles. The molecule has 0 aromatic heterocycles. The van der Waals surface area contributed by atoms with Crippen molar-refractivity contribution in [1.82, 2.24) is 9.80 Å². The second-order valence-electron chi connectivity index (χ2n) is 4.84. The predicted octanol–water partition coefficient (Wildman–Crippen LogP) is 1.17. The van der Waals surface area contributed by atoms with E-state index < -0.39 is 0 Å². The predicted molar refractivity (Wildman–Crippen MR) is 64.1 cm³/mol. The Balaban J connectivity index is 2.02. The monoisotopic (exact) mass is 214 g/mol. The summed E-state index contributed by atoms with van der Waals surface area (Å²) in [6.07, 6.45) is 4.88. The minimum atomic E-state index is -0.164. The van der Waals surface area contributed by atoms with Crippen LogP contribution in [0.3, 0.4) is 0 Å². The van der Waals surface area contributed by atoms with Gasteiger partial charge in [-0.2, -0.15) is 0 Å². The van der Waals surface area contributed by atoms with Crippen LogP contribution in [0.25, 0.3) is 0 Å². The van der Waals surface area contributed by atoms with Crippen molar-refractivity contribution in [3.63, 3.8) is 0 Å². The zero-order chi connectivity index (χ0) is 11.1. The first-order valence-electron chi connectivity index (χ1n) is 6.27. The maximum Gasteiger partial charge on any atom is 0.0524 e. The van der Waals surface area contributed by atoms with E-state index >= 15 is 0 Å². The lowest BCUT2D eigenvalue weighted by Crippen LogP contribution is -2.37. The molecule has 0 bridgehead atoms. The first kappa shape index (κ1) is 12.9. The van der Waals surface area contributed by atoms with Crippen LogP contribution in [0.5, 0.6) is 0 Å². The van der Waals surface area contributed by atoms with Gasteiger partial charge in [-0.1, -0.05) is 6.42 Å². The molecule has 0 amide bonds. The van der Waals surface area contributed by atoms with Gasteiger partial charge in [0, 0.05) is 19.6 Å². The van der Waals surface area contributed by atoms with Gasteiger partial charge in [0.1, 0.15) is 0 Å². The third kappa shape index (κ3) is 6.13. The van der Waals surface area contributed by atoms with Crippen LogP contribution >= 0.6 is 0 Å². The molecule has 3 nitrogen and oxygen atoms in total. The number of aliphatic hydroxyl groups is 1. The number of aliphatic hydroxyl groups excluding tert-OH is 1. The highest BCUT2D eigenvalue weighted by atomic mass is 16.3. The van der Waals surface area contributed by atoms with Crippen molar-refractivity contribution in [2.75, 3.05) is 39.8 Å². The van der Waals surface area contributed by atoms with Gasteiger partial charge in [-0.05, 0) is 46.3 Å². The molecule has 0 radical (unpaired) electrons. The standard InChI is InChI=1S/C12H26N2O/c1-12(15)6-9-13(2)10-11-14-7-4-3-5-8-14/h12,15H,3-11H2,1-2H3/t12-/m0/s1. The Labute approximate surface area is 94.1 Å². The van der Waals surface area contributed by atoms with Crippen molar-refractivity contribution < 1.29 is 5.11 Å². The van der Waals surface area contributed by atoms with E-state index in [0.717, 1.165) is 19.5 Å². The molecule has 15 heavy (non-hydrogen) atoms. The van der Waals surface area contributed by atoms with Crippen LogP contribution in [-0.2, 0) is 0 Å². The van der Waals surface area contributed by atoms with Gasteiger partial charge < -0.3 is 14.9 Å². The maximum absolute atomic E-state index is 9.18. The Morgan fingerprint density at radius 1 is 1.20 bits per heavy atom. The normalized spacial score (nSPS) is 20.8. The fourth-order valence-electron chi connectivity index (χ4n) is 2.01. The van der Waals surface area contributed by atoms with Crippen LogP contribution in [0.2, 0.25) is 0 Å². The quantitative estimate of drug-likeness (QED) is 0.719. The molecule has 3 heteroatoms. The first-order chi connectivity index (χ1) is 7.18. The molecule has 1 aliphatic heterocycles. The SMILES string of the molecule is C[C@H](O)CCN(C)CCN1CCCCC1. The molecule has 0 saturated carbocycles. The molecule has 1 N–H and O–H groups in total. The summed E-state index contributed by atoms with van der Waals surface area (Å²) < 4.78 is 0. The smallest absolute Gasteiger partial charge is 0.0524 e. The summed E-state index contributed by atoms with van der Waals surface area (Å²) in [5.41, 5.74) is 0. The van der Waals surface area contributed by atoms with Gasteiger partial charge in [0.15, 0.2) is 0 Å². The fourth-order valence-corrected chi connectivity index (χ4v) is 2.01. The third-order valence-electron chi connectivity index (χ3n) is 3.18. The number of rotatable bonds is 6. The number of hydrogen-bond donors (Lipinski definition) is 1. The zero-order valence-corrected chi connectivity index (χ0v) is 10.3. The van der Waals surface area contributed by atoms with E-state index in [2.05, 4.69) is 16.8 Å². The van der Waals surface area contributed by atoms with E-state index in [9.17, 15) is 5.11 Å². The van der Waals surface area contributed by atoms with Gasteiger partial charge >= 0.3 is 0 Å². The Kier molecular flexibility index (Phi) is 6.22. The number of likely N-dealkylation sites (N-methyl/N-ethyl adjacent to an activating group) is 1. The van der Waals surface area contributed by atoms with Crippen molar-refractivity contribution in [1.29, 1.82) is 0 Å². The molecule has 1 rings (SSSR count). The maximum atomic E-state index is 9.18. The number of hydrogen-bond acceptors (Lipinski definition) is 3.